The molecule has 1 heterocycles. The topological polar surface area (TPSA) is 20.3 Å². The van der Waals surface area contributed by atoms with Gasteiger partial charge in [-0.3, -0.25) is 4.79 Å². The van der Waals surface area contributed by atoms with Crippen molar-refractivity contribution in [2.75, 3.05) is 11.9 Å². The van der Waals surface area contributed by atoms with E-state index in [0.717, 1.165) is 4.90 Å². The molecule has 2 rings (SSSR count). The fraction of sp³-hybridized carbons (Fsp3) is 0.222. The molecule has 0 atom stereocenters. The second kappa shape index (κ2) is 2.49. The molecule has 0 bridgehead atoms. The smallest absolute Gasteiger partial charge is 0.231 e. The molecule has 1 aromatic carbocycles. The summed E-state index contributed by atoms with van der Waals surface area (Å²) in [5.41, 5.74) is 0.993. The van der Waals surface area contributed by atoms with Crippen molar-refractivity contribution in [2.45, 2.75) is 6.42 Å². The molecular weight excluding hydrogens is 174 g/mol. The Morgan fingerprint density at radius 3 is 3.25 bits per heavy atom. The zero-order chi connectivity index (χ0) is 11.2. The number of amides is 1. The summed E-state index contributed by atoms with van der Waals surface area (Å²) in [6.07, 6.45) is 0.105. The number of carbonyl (C=O) groups is 1. The van der Waals surface area contributed by atoms with E-state index in [2.05, 4.69) is 0 Å². The molecule has 0 aromatic heterocycles. The van der Waals surface area contributed by atoms with E-state index in [1.54, 1.807) is 18.2 Å². The van der Waals surface area contributed by atoms with Crippen LogP contribution in [0.4, 0.5) is 5.69 Å². The molecule has 0 fully saturated rings. The number of nitrogens with zero attached hydrogens (tertiary/aromatic N) is 1. The molecule has 1 aliphatic rings. The maximum atomic E-state index is 11.5. The minimum absolute atomic E-state index is 0.105. The van der Waals surface area contributed by atoms with Gasteiger partial charge in [0.2, 0.25) is 5.91 Å². The predicted octanol–water partition coefficient (Wildman–Crippen LogP) is 1.86. The Hall–Kier alpha value is -1.02. The van der Waals surface area contributed by atoms with Crippen LogP contribution >= 0.6 is 11.6 Å². The van der Waals surface area contributed by atoms with Gasteiger partial charge in [-0.2, -0.15) is 0 Å². The van der Waals surface area contributed by atoms with E-state index in [1.807, 2.05) is 0 Å². The maximum absolute atomic E-state index is 11.5. The molecular formula is C9H8ClNO. The van der Waals surface area contributed by atoms with Crippen LogP contribution in [0.2, 0.25) is 5.02 Å². The third-order valence-electron chi connectivity index (χ3n) is 1.89. The summed E-state index contributed by atoms with van der Waals surface area (Å²) >= 11 is 5.89. The summed E-state index contributed by atoms with van der Waals surface area (Å²) in [6.45, 7) is -2.46. The van der Waals surface area contributed by atoms with Crippen LogP contribution < -0.4 is 4.90 Å². The molecule has 1 amide bonds. The molecule has 0 radical (unpaired) electrons. The lowest BCUT2D eigenvalue weighted by Gasteiger charge is -2.10. The second-order valence-corrected chi connectivity index (χ2v) is 3.06. The Bertz CT molecular complexity index is 430. The zero-order valence-corrected chi connectivity index (χ0v) is 6.93. The number of rotatable bonds is 0. The third-order valence-corrected chi connectivity index (χ3v) is 2.19. The average Bonchev–Trinajstić information content (AvgIpc) is 2.41. The third kappa shape index (κ3) is 0.916. The number of hydrogen-bond acceptors (Lipinski definition) is 1. The van der Waals surface area contributed by atoms with Crippen molar-refractivity contribution in [3.8, 4) is 0 Å². The van der Waals surface area contributed by atoms with E-state index in [1.165, 1.54) is 0 Å². The number of anilines is 1. The van der Waals surface area contributed by atoms with E-state index in [4.69, 9.17) is 15.7 Å². The fourth-order valence-corrected chi connectivity index (χ4v) is 1.60. The van der Waals surface area contributed by atoms with Crippen LogP contribution in [0, 0.1) is 0 Å². The number of benzene rings is 1. The SMILES string of the molecule is [2H]C([2H])([2H])N1C(=O)Cc2cccc(Cl)c21. The molecule has 1 aliphatic heterocycles. The Morgan fingerprint density at radius 1 is 1.67 bits per heavy atom. The number of para-hydroxylation sites is 1. The first-order valence-electron chi connectivity index (χ1n) is 5.02. The highest BCUT2D eigenvalue weighted by molar-refractivity contribution is 6.34. The van der Waals surface area contributed by atoms with Gasteiger partial charge in [0.05, 0.1) is 17.1 Å². The number of carbonyl (C=O) groups excluding carboxylic acids is 1. The molecule has 62 valence electrons. The van der Waals surface area contributed by atoms with Crippen LogP contribution in [0.15, 0.2) is 18.2 Å². The van der Waals surface area contributed by atoms with Gasteiger partial charge >= 0.3 is 0 Å². The molecule has 0 saturated heterocycles. The predicted molar refractivity (Wildman–Crippen MR) is 48.6 cm³/mol. The van der Waals surface area contributed by atoms with Gasteiger partial charge in [0.25, 0.3) is 0 Å². The molecule has 12 heavy (non-hydrogen) atoms. The van der Waals surface area contributed by atoms with Crippen molar-refractivity contribution in [2.24, 2.45) is 0 Å². The number of hydrogen-bond donors (Lipinski definition) is 0. The Kier molecular flexibility index (Phi) is 1.01. The number of likely N-dealkylation sites (N-methyl/N-ethyl adjacent to an activating group) is 1. The minimum atomic E-state index is -2.46. The summed E-state index contributed by atoms with van der Waals surface area (Å²) < 4.78 is 21.8. The Morgan fingerprint density at radius 2 is 2.50 bits per heavy atom. The second-order valence-electron chi connectivity index (χ2n) is 2.65. The standard InChI is InChI=1S/C9H8ClNO/c1-11-8(12)5-6-3-2-4-7(10)9(6)11/h2-4H,5H2,1H3/i1D3. The molecule has 2 nitrogen and oxygen atoms in total. The zero-order valence-electron chi connectivity index (χ0n) is 9.17. The normalized spacial score (nSPS) is 19.9. The Balaban J connectivity index is 2.59. The molecule has 0 spiro atoms. The van der Waals surface area contributed by atoms with Crippen molar-refractivity contribution < 1.29 is 8.91 Å². The van der Waals surface area contributed by atoms with E-state index in [-0.39, 0.29) is 6.42 Å². The van der Waals surface area contributed by atoms with Gasteiger partial charge in [-0.15, -0.1) is 0 Å². The summed E-state index contributed by atoms with van der Waals surface area (Å²) in [6, 6.07) is 5.00. The lowest BCUT2D eigenvalue weighted by atomic mass is 10.2. The highest BCUT2D eigenvalue weighted by Gasteiger charge is 2.25. The van der Waals surface area contributed by atoms with Gasteiger partial charge in [0, 0.05) is 11.1 Å². The van der Waals surface area contributed by atoms with E-state index in [9.17, 15) is 4.79 Å². The van der Waals surface area contributed by atoms with Crippen LogP contribution in [-0.2, 0) is 11.2 Å². The number of halogens is 1. The molecule has 0 unspecified atom stereocenters. The summed E-state index contributed by atoms with van der Waals surface area (Å²) in [7, 11) is 0. The summed E-state index contributed by atoms with van der Waals surface area (Å²) in [5, 5.41) is 0.300. The minimum Gasteiger partial charge on any atom is -0.313 e. The van der Waals surface area contributed by atoms with Gasteiger partial charge in [-0.25, -0.2) is 0 Å². The van der Waals surface area contributed by atoms with Crippen LogP contribution in [-0.4, -0.2) is 12.9 Å². The highest BCUT2D eigenvalue weighted by atomic mass is 35.5. The van der Waals surface area contributed by atoms with Crippen molar-refractivity contribution in [3.05, 3.63) is 28.8 Å². The molecule has 1 aromatic rings. The van der Waals surface area contributed by atoms with Gasteiger partial charge < -0.3 is 4.90 Å². The van der Waals surface area contributed by atoms with Crippen LogP contribution in [0.1, 0.15) is 9.68 Å². The van der Waals surface area contributed by atoms with Gasteiger partial charge in [-0.05, 0) is 11.6 Å². The van der Waals surface area contributed by atoms with E-state index >= 15 is 0 Å². The van der Waals surface area contributed by atoms with Crippen LogP contribution in [0.3, 0.4) is 0 Å². The fourth-order valence-electron chi connectivity index (χ4n) is 1.32. The molecule has 3 heteroatoms. The van der Waals surface area contributed by atoms with E-state index in [0.29, 0.717) is 16.3 Å². The largest absolute Gasteiger partial charge is 0.313 e. The lowest BCUT2D eigenvalue weighted by molar-refractivity contribution is -0.117. The van der Waals surface area contributed by atoms with Crippen molar-refractivity contribution >= 4 is 23.2 Å². The number of fused-ring (bicyclic) bond motifs is 1. The highest BCUT2D eigenvalue weighted by Crippen LogP contribution is 2.34. The van der Waals surface area contributed by atoms with Gasteiger partial charge in [-0.1, -0.05) is 23.7 Å². The van der Waals surface area contributed by atoms with Crippen molar-refractivity contribution in [1.82, 2.24) is 0 Å². The molecule has 0 saturated carbocycles. The van der Waals surface area contributed by atoms with Crippen LogP contribution in [0.5, 0.6) is 0 Å². The van der Waals surface area contributed by atoms with Crippen molar-refractivity contribution in [3.63, 3.8) is 0 Å². The molecule has 0 N–H and O–H groups in total. The summed E-state index contributed by atoms with van der Waals surface area (Å²) in [5.74, 6) is -0.432. The van der Waals surface area contributed by atoms with E-state index < -0.39 is 12.9 Å². The maximum Gasteiger partial charge on any atom is 0.231 e. The Labute approximate surface area is 80.0 Å². The molecule has 0 aliphatic carbocycles. The summed E-state index contributed by atoms with van der Waals surface area (Å²) in [4.78, 5) is 12.3. The lowest BCUT2D eigenvalue weighted by Crippen LogP contribution is -2.20. The first-order chi connectivity index (χ1) is 6.91. The van der Waals surface area contributed by atoms with Crippen molar-refractivity contribution in [1.29, 1.82) is 0 Å². The average molecular weight is 185 g/mol. The first kappa shape index (κ1) is 4.87. The van der Waals surface area contributed by atoms with Gasteiger partial charge in [0.15, 0.2) is 0 Å². The first-order valence-corrected chi connectivity index (χ1v) is 3.89. The monoisotopic (exact) mass is 184 g/mol. The quantitative estimate of drug-likeness (QED) is 0.603. The van der Waals surface area contributed by atoms with Crippen LogP contribution in [0.25, 0.3) is 0 Å². The van der Waals surface area contributed by atoms with Gasteiger partial charge in [0.1, 0.15) is 0 Å².